The number of ether oxygens (including phenoxy) is 3. The number of carbonyl (C=O) groups is 2. The van der Waals surface area contributed by atoms with Gasteiger partial charge < -0.3 is 23.9 Å². The minimum atomic E-state index is -2.24. The molecule has 3 aliphatic rings. The molecule has 1 saturated heterocycles. The Kier molecular flexibility index (Phi) is 8.10. The van der Waals surface area contributed by atoms with Gasteiger partial charge in [0.15, 0.2) is 4.90 Å². The van der Waals surface area contributed by atoms with E-state index in [0.29, 0.717) is 56.3 Å². The summed E-state index contributed by atoms with van der Waals surface area (Å²) >= 11 is -2.24. The number of aliphatic hydroxyl groups is 1. The normalized spacial score (nSPS) is 22.1. The molecule has 5 rings (SSSR count). The summed E-state index contributed by atoms with van der Waals surface area (Å²) in [4.78, 5) is 28.4. The SMILES string of the molecule is COC(=O)c1c(N(C(=O)OC)[S+]([O-])c2ccc(F)cc2/C=C\CN2CCC(C)(O)CC2)ccc2c1OC[C@@H]1C[C@H]21. The van der Waals surface area contributed by atoms with Crippen LogP contribution in [0.4, 0.5) is 14.9 Å². The van der Waals surface area contributed by atoms with Crippen LogP contribution in [0.25, 0.3) is 6.08 Å². The molecular formula is C29H33FN2O7S. The standard InChI is InChI=1S/C29H33FN2O7S/c1-29(35)10-13-31(14-11-29)12-4-5-18-15-20(30)6-9-24(18)40(36)32(28(34)38-3)23-8-7-21-22-16-19(22)17-39-26(21)25(23)27(33)37-2/h4-9,15,19,22,35H,10-14,16-17H2,1-3H3/b5-4-/t19-,22-,40?/m0/s1. The van der Waals surface area contributed by atoms with Gasteiger partial charge in [-0.2, -0.15) is 0 Å². The lowest BCUT2D eigenvalue weighted by atomic mass is 9.94. The topological polar surface area (TPSA) is 112 Å². The summed E-state index contributed by atoms with van der Waals surface area (Å²) in [5, 5.41) is 10.2. The molecule has 214 valence electrons. The minimum absolute atomic E-state index is 0.00880. The van der Waals surface area contributed by atoms with E-state index < -0.39 is 34.8 Å². The summed E-state index contributed by atoms with van der Waals surface area (Å²) in [5.74, 6) is -0.305. The number of hydrogen-bond acceptors (Lipinski definition) is 8. The number of carbonyl (C=O) groups excluding carboxylic acids is 2. The molecule has 1 unspecified atom stereocenters. The van der Waals surface area contributed by atoms with Crippen molar-refractivity contribution in [2.45, 2.75) is 42.6 Å². The average Bonchev–Trinajstić information content (AvgIpc) is 3.74. The summed E-state index contributed by atoms with van der Waals surface area (Å²) in [6.45, 7) is 4.25. The van der Waals surface area contributed by atoms with Crippen molar-refractivity contribution >= 4 is 35.2 Å². The number of esters is 1. The first-order valence-electron chi connectivity index (χ1n) is 13.2. The number of rotatable bonds is 7. The second-order valence-electron chi connectivity index (χ2n) is 10.7. The van der Waals surface area contributed by atoms with E-state index in [-0.39, 0.29) is 22.1 Å². The largest absolute Gasteiger partial charge is 0.587 e. The molecule has 0 radical (unpaired) electrons. The predicted octanol–water partition coefficient (Wildman–Crippen LogP) is 4.26. The number of nitrogens with zero attached hydrogens (tertiary/aromatic N) is 2. The fraction of sp³-hybridized carbons (Fsp3) is 0.448. The molecule has 1 amide bonds. The third kappa shape index (κ3) is 5.69. The molecule has 1 saturated carbocycles. The van der Waals surface area contributed by atoms with Crippen LogP contribution in [0.5, 0.6) is 5.75 Å². The van der Waals surface area contributed by atoms with E-state index in [1.807, 2.05) is 13.0 Å². The van der Waals surface area contributed by atoms with Crippen molar-refractivity contribution in [2.75, 3.05) is 44.8 Å². The smallest absolute Gasteiger partial charge is 0.456 e. The van der Waals surface area contributed by atoms with Crippen LogP contribution in [0, 0.1) is 11.7 Å². The minimum Gasteiger partial charge on any atom is -0.587 e. The summed E-state index contributed by atoms with van der Waals surface area (Å²) in [5.41, 5.74) is 0.486. The van der Waals surface area contributed by atoms with Gasteiger partial charge in [0.05, 0.1) is 26.4 Å². The number of anilines is 1. The molecule has 9 nitrogen and oxygen atoms in total. The highest BCUT2D eigenvalue weighted by atomic mass is 32.2. The molecule has 3 atom stereocenters. The van der Waals surface area contributed by atoms with Crippen LogP contribution < -0.4 is 9.04 Å². The van der Waals surface area contributed by atoms with Crippen LogP contribution in [-0.2, 0) is 20.8 Å². The van der Waals surface area contributed by atoms with Gasteiger partial charge in [-0.15, -0.1) is 0 Å². The van der Waals surface area contributed by atoms with Crippen molar-refractivity contribution in [1.82, 2.24) is 4.90 Å². The lowest BCUT2D eigenvalue weighted by Crippen LogP contribution is -2.42. The van der Waals surface area contributed by atoms with Crippen LogP contribution in [0.3, 0.4) is 0 Å². The Morgan fingerprint density at radius 2 is 2.00 bits per heavy atom. The molecular weight excluding hydrogens is 539 g/mol. The number of piperidine rings is 1. The highest BCUT2D eigenvalue weighted by Crippen LogP contribution is 2.56. The molecule has 40 heavy (non-hydrogen) atoms. The van der Waals surface area contributed by atoms with E-state index in [2.05, 4.69) is 4.90 Å². The molecule has 2 aliphatic heterocycles. The van der Waals surface area contributed by atoms with E-state index in [9.17, 15) is 23.6 Å². The number of halogens is 1. The van der Waals surface area contributed by atoms with Crippen molar-refractivity contribution in [3.8, 4) is 5.75 Å². The number of methoxy groups -OCH3 is 2. The van der Waals surface area contributed by atoms with E-state index in [4.69, 9.17) is 14.2 Å². The third-order valence-electron chi connectivity index (χ3n) is 7.80. The maximum atomic E-state index is 14.3. The average molecular weight is 573 g/mol. The maximum absolute atomic E-state index is 14.3. The summed E-state index contributed by atoms with van der Waals surface area (Å²) in [6, 6.07) is 7.08. The number of likely N-dealkylation sites (tertiary alicyclic amines) is 1. The third-order valence-corrected chi connectivity index (χ3v) is 9.22. The van der Waals surface area contributed by atoms with Gasteiger partial charge in [0.25, 0.3) is 0 Å². The highest BCUT2D eigenvalue weighted by molar-refractivity contribution is 7.93. The Labute approximate surface area is 235 Å². The Balaban J connectivity index is 1.49. The van der Waals surface area contributed by atoms with Crippen LogP contribution in [0.15, 0.2) is 41.3 Å². The van der Waals surface area contributed by atoms with E-state index in [0.717, 1.165) is 29.5 Å². The Bertz CT molecular complexity index is 1320. The number of hydrogen-bond donors (Lipinski definition) is 1. The molecule has 11 heteroatoms. The van der Waals surface area contributed by atoms with Gasteiger partial charge in [0, 0.05) is 31.1 Å². The van der Waals surface area contributed by atoms with Gasteiger partial charge >= 0.3 is 12.1 Å². The van der Waals surface area contributed by atoms with Crippen molar-refractivity contribution in [3.63, 3.8) is 0 Å². The highest BCUT2D eigenvalue weighted by Gasteiger charge is 2.47. The maximum Gasteiger partial charge on any atom is 0.456 e. The van der Waals surface area contributed by atoms with Crippen LogP contribution in [-0.4, -0.2) is 72.7 Å². The van der Waals surface area contributed by atoms with Gasteiger partial charge in [0.1, 0.15) is 34.2 Å². The van der Waals surface area contributed by atoms with Crippen molar-refractivity contribution < 1.29 is 37.8 Å². The molecule has 2 aromatic rings. The zero-order valence-electron chi connectivity index (χ0n) is 22.7. The van der Waals surface area contributed by atoms with Crippen molar-refractivity contribution in [1.29, 1.82) is 0 Å². The molecule has 1 aliphatic carbocycles. The number of amides is 1. The van der Waals surface area contributed by atoms with Crippen molar-refractivity contribution in [3.05, 3.63) is 58.9 Å². The van der Waals surface area contributed by atoms with Gasteiger partial charge in [-0.25, -0.2) is 14.0 Å². The first kappa shape index (κ1) is 28.4. The monoisotopic (exact) mass is 572 g/mol. The zero-order chi connectivity index (χ0) is 28.6. The molecule has 2 aromatic carbocycles. The molecule has 0 bridgehead atoms. The van der Waals surface area contributed by atoms with Gasteiger partial charge in [-0.3, -0.25) is 4.90 Å². The van der Waals surface area contributed by atoms with Crippen LogP contribution in [0.1, 0.15) is 53.6 Å². The Morgan fingerprint density at radius 1 is 1.25 bits per heavy atom. The first-order chi connectivity index (χ1) is 19.1. The van der Waals surface area contributed by atoms with E-state index in [1.165, 1.54) is 19.2 Å². The zero-order valence-corrected chi connectivity index (χ0v) is 23.5. The Morgan fingerprint density at radius 3 is 2.70 bits per heavy atom. The lowest BCUT2D eigenvalue weighted by molar-refractivity contribution is -0.00242. The molecule has 1 N–H and O–H groups in total. The molecule has 2 heterocycles. The van der Waals surface area contributed by atoms with Crippen LogP contribution in [0.2, 0.25) is 0 Å². The second kappa shape index (κ2) is 11.4. The van der Waals surface area contributed by atoms with Gasteiger partial charge in [0.2, 0.25) is 0 Å². The number of fused-ring (bicyclic) bond motifs is 3. The molecule has 2 fully saturated rings. The fourth-order valence-electron chi connectivity index (χ4n) is 5.30. The van der Waals surface area contributed by atoms with Crippen molar-refractivity contribution in [2.24, 2.45) is 5.92 Å². The summed E-state index contributed by atoms with van der Waals surface area (Å²) < 4.78 is 45.2. The second-order valence-corrected chi connectivity index (χ2v) is 12.0. The predicted molar refractivity (Wildman–Crippen MR) is 147 cm³/mol. The fourth-order valence-corrected chi connectivity index (χ4v) is 6.55. The molecule has 0 spiro atoms. The van der Waals surface area contributed by atoms with Gasteiger partial charge in [-0.05, 0) is 61.9 Å². The van der Waals surface area contributed by atoms with Crippen LogP contribution >= 0.6 is 0 Å². The lowest BCUT2D eigenvalue weighted by Gasteiger charge is -2.35. The van der Waals surface area contributed by atoms with E-state index in [1.54, 1.807) is 18.2 Å². The quantitative estimate of drug-likeness (QED) is 0.387. The first-order valence-corrected chi connectivity index (χ1v) is 14.3. The molecule has 0 aromatic heterocycles. The number of benzene rings is 2. The van der Waals surface area contributed by atoms with E-state index >= 15 is 0 Å². The van der Waals surface area contributed by atoms with Gasteiger partial charge in [-0.1, -0.05) is 22.5 Å². The summed E-state index contributed by atoms with van der Waals surface area (Å²) in [7, 11) is 2.37. The Hall–Kier alpha value is -3.12. The summed E-state index contributed by atoms with van der Waals surface area (Å²) in [6.07, 6.45) is 4.77.